The van der Waals surface area contributed by atoms with Gasteiger partial charge in [-0.15, -0.1) is 0 Å². The molecule has 2 aromatic rings. The number of carbonyl (C=O) groups is 1. The molecule has 1 aliphatic rings. The first-order valence-electron chi connectivity index (χ1n) is 7.41. The van der Waals surface area contributed by atoms with Gasteiger partial charge in [-0.3, -0.25) is 4.79 Å². The van der Waals surface area contributed by atoms with Gasteiger partial charge in [0.05, 0.1) is 5.41 Å². The molecule has 0 radical (unpaired) electrons. The minimum Gasteiger partial charge on any atom is -0.481 e. The maximum atomic E-state index is 12.1. The molecule has 0 fully saturated rings. The van der Waals surface area contributed by atoms with Crippen LogP contribution >= 0.6 is 0 Å². The predicted octanol–water partition coefficient (Wildman–Crippen LogP) is 2.71. The highest BCUT2D eigenvalue weighted by Gasteiger charge is 2.43. The molecular formula is C17H20N2O2. The number of aliphatic carboxylic acids is 1. The molecule has 0 saturated heterocycles. The van der Waals surface area contributed by atoms with Crippen molar-refractivity contribution in [3.05, 3.63) is 53.6 Å². The second-order valence-corrected chi connectivity index (χ2v) is 5.85. The zero-order chi connectivity index (χ0) is 14.9. The molecule has 1 aromatic heterocycles. The maximum absolute atomic E-state index is 12.1. The highest BCUT2D eigenvalue weighted by molar-refractivity contribution is 5.82. The Bertz CT molecular complexity index is 662. The van der Waals surface area contributed by atoms with Crippen LogP contribution in [0, 0.1) is 0 Å². The molecule has 1 N–H and O–H groups in total. The molecule has 4 heteroatoms. The van der Waals surface area contributed by atoms with Crippen molar-refractivity contribution in [2.45, 2.75) is 37.5 Å². The Morgan fingerprint density at radius 1 is 1.43 bits per heavy atom. The largest absolute Gasteiger partial charge is 0.481 e. The number of fused-ring (bicyclic) bond motifs is 1. The molecule has 4 nitrogen and oxygen atoms in total. The first-order valence-corrected chi connectivity index (χ1v) is 7.41. The molecule has 3 rings (SSSR count). The molecule has 0 spiro atoms. The van der Waals surface area contributed by atoms with Gasteiger partial charge in [0.15, 0.2) is 0 Å². The lowest BCUT2D eigenvalue weighted by molar-refractivity contribution is -0.144. The Morgan fingerprint density at radius 2 is 2.24 bits per heavy atom. The van der Waals surface area contributed by atoms with E-state index in [9.17, 15) is 9.90 Å². The first-order chi connectivity index (χ1) is 10.1. The zero-order valence-electron chi connectivity index (χ0n) is 12.2. The summed E-state index contributed by atoms with van der Waals surface area (Å²) >= 11 is 0. The zero-order valence-corrected chi connectivity index (χ0v) is 12.2. The highest BCUT2D eigenvalue weighted by atomic mass is 16.4. The van der Waals surface area contributed by atoms with Crippen molar-refractivity contribution >= 4 is 5.97 Å². The average Bonchev–Trinajstić information content (AvgIpc) is 2.90. The Morgan fingerprint density at radius 3 is 2.95 bits per heavy atom. The Hall–Kier alpha value is -2.10. The molecule has 0 bridgehead atoms. The Labute approximate surface area is 124 Å². The lowest BCUT2D eigenvalue weighted by Gasteiger charge is -2.35. The van der Waals surface area contributed by atoms with Crippen LogP contribution in [0.5, 0.6) is 0 Å². The molecule has 110 valence electrons. The summed E-state index contributed by atoms with van der Waals surface area (Å²) in [5, 5.41) is 9.91. The van der Waals surface area contributed by atoms with Gasteiger partial charge in [0.2, 0.25) is 0 Å². The van der Waals surface area contributed by atoms with E-state index in [0.717, 1.165) is 24.2 Å². The quantitative estimate of drug-likeness (QED) is 0.939. The van der Waals surface area contributed by atoms with Crippen LogP contribution in [0.25, 0.3) is 0 Å². The van der Waals surface area contributed by atoms with Gasteiger partial charge in [-0.05, 0) is 36.8 Å². The fraction of sp³-hybridized carbons (Fsp3) is 0.412. The van der Waals surface area contributed by atoms with E-state index in [2.05, 4.69) is 11.1 Å². The number of hydrogen-bond acceptors (Lipinski definition) is 2. The minimum absolute atomic E-state index is 0.601. The second-order valence-electron chi connectivity index (χ2n) is 5.85. The SMILES string of the molecule is Cn1ccnc1CCC1(C(=O)O)CCCc2ccccc21. The summed E-state index contributed by atoms with van der Waals surface area (Å²) in [5.41, 5.74) is 1.42. The molecule has 1 unspecified atom stereocenters. The van der Waals surface area contributed by atoms with Gasteiger partial charge < -0.3 is 9.67 Å². The summed E-state index contributed by atoms with van der Waals surface area (Å²) in [6.07, 6.45) is 7.57. The predicted molar refractivity (Wildman–Crippen MR) is 80.2 cm³/mol. The number of rotatable bonds is 4. The number of imidazole rings is 1. The van der Waals surface area contributed by atoms with Crippen LogP contribution in [0.2, 0.25) is 0 Å². The van der Waals surface area contributed by atoms with Crippen LogP contribution in [0.3, 0.4) is 0 Å². The molecule has 0 aliphatic heterocycles. The number of nitrogens with zero attached hydrogens (tertiary/aromatic N) is 2. The van der Waals surface area contributed by atoms with Crippen molar-refractivity contribution in [2.75, 3.05) is 0 Å². The van der Waals surface area contributed by atoms with Crippen molar-refractivity contribution < 1.29 is 9.90 Å². The van der Waals surface area contributed by atoms with Crippen molar-refractivity contribution in [3.63, 3.8) is 0 Å². The number of carboxylic acids is 1. The van der Waals surface area contributed by atoms with E-state index in [-0.39, 0.29) is 0 Å². The molecule has 1 heterocycles. The molecule has 1 aromatic carbocycles. The van der Waals surface area contributed by atoms with Gasteiger partial charge in [0.1, 0.15) is 5.82 Å². The van der Waals surface area contributed by atoms with E-state index in [1.807, 2.05) is 36.0 Å². The van der Waals surface area contributed by atoms with E-state index in [1.165, 1.54) is 5.56 Å². The fourth-order valence-corrected chi connectivity index (χ4v) is 3.47. The summed E-state index contributed by atoms with van der Waals surface area (Å²) in [6, 6.07) is 7.99. The summed E-state index contributed by atoms with van der Waals surface area (Å²) < 4.78 is 1.96. The number of aryl methyl sites for hydroxylation is 3. The van der Waals surface area contributed by atoms with Crippen LogP contribution in [-0.2, 0) is 30.1 Å². The highest BCUT2D eigenvalue weighted by Crippen LogP contribution is 2.41. The topological polar surface area (TPSA) is 55.1 Å². The normalized spacial score (nSPS) is 21.0. The van der Waals surface area contributed by atoms with E-state index < -0.39 is 11.4 Å². The molecular weight excluding hydrogens is 264 g/mol. The summed E-state index contributed by atoms with van der Waals surface area (Å²) in [7, 11) is 1.95. The van der Waals surface area contributed by atoms with Crippen LogP contribution in [0.4, 0.5) is 0 Å². The molecule has 21 heavy (non-hydrogen) atoms. The van der Waals surface area contributed by atoms with Crippen molar-refractivity contribution in [3.8, 4) is 0 Å². The Balaban J connectivity index is 1.94. The van der Waals surface area contributed by atoms with Crippen molar-refractivity contribution in [2.24, 2.45) is 7.05 Å². The van der Waals surface area contributed by atoms with Crippen LogP contribution in [-0.4, -0.2) is 20.6 Å². The molecule has 1 atom stereocenters. The van der Waals surface area contributed by atoms with E-state index in [1.54, 1.807) is 6.20 Å². The van der Waals surface area contributed by atoms with E-state index in [0.29, 0.717) is 19.3 Å². The third-order valence-corrected chi connectivity index (χ3v) is 4.69. The van der Waals surface area contributed by atoms with Gasteiger partial charge in [0.25, 0.3) is 0 Å². The summed E-state index contributed by atoms with van der Waals surface area (Å²) in [5.74, 6) is 0.238. The van der Waals surface area contributed by atoms with Gasteiger partial charge >= 0.3 is 5.97 Å². The standard InChI is InChI=1S/C17H20N2O2/c1-19-12-11-18-15(19)8-10-17(16(20)21)9-4-6-13-5-2-3-7-14(13)17/h2-3,5,7,11-12H,4,6,8-10H2,1H3,(H,20,21). The van der Waals surface area contributed by atoms with Gasteiger partial charge in [-0.25, -0.2) is 4.98 Å². The van der Waals surface area contributed by atoms with Crippen molar-refractivity contribution in [1.29, 1.82) is 0 Å². The minimum atomic E-state index is -0.763. The van der Waals surface area contributed by atoms with E-state index >= 15 is 0 Å². The van der Waals surface area contributed by atoms with E-state index in [4.69, 9.17) is 0 Å². The smallest absolute Gasteiger partial charge is 0.314 e. The number of aromatic nitrogens is 2. The van der Waals surface area contributed by atoms with Gasteiger partial charge in [-0.1, -0.05) is 24.3 Å². The Kier molecular flexibility index (Phi) is 3.53. The number of hydrogen-bond donors (Lipinski definition) is 1. The second kappa shape index (κ2) is 5.35. The van der Waals surface area contributed by atoms with Gasteiger partial charge in [-0.2, -0.15) is 0 Å². The number of benzene rings is 1. The van der Waals surface area contributed by atoms with Crippen LogP contribution in [0.1, 0.15) is 36.2 Å². The average molecular weight is 284 g/mol. The van der Waals surface area contributed by atoms with Gasteiger partial charge in [0, 0.05) is 25.9 Å². The first kappa shape index (κ1) is 13.9. The summed E-state index contributed by atoms with van der Waals surface area (Å²) in [6.45, 7) is 0. The van der Waals surface area contributed by atoms with Crippen LogP contribution in [0.15, 0.2) is 36.7 Å². The fourth-order valence-electron chi connectivity index (χ4n) is 3.47. The van der Waals surface area contributed by atoms with Crippen LogP contribution < -0.4 is 0 Å². The third-order valence-electron chi connectivity index (χ3n) is 4.69. The third kappa shape index (κ3) is 2.35. The maximum Gasteiger partial charge on any atom is 0.314 e. The lowest BCUT2D eigenvalue weighted by Crippen LogP contribution is -2.39. The lowest BCUT2D eigenvalue weighted by atomic mass is 9.67. The number of carboxylic acid groups (broad SMARTS) is 1. The molecule has 0 saturated carbocycles. The molecule has 0 amide bonds. The summed E-state index contributed by atoms with van der Waals surface area (Å²) in [4.78, 5) is 16.4. The van der Waals surface area contributed by atoms with Crippen molar-refractivity contribution in [1.82, 2.24) is 9.55 Å². The monoisotopic (exact) mass is 284 g/mol. The molecule has 1 aliphatic carbocycles.